The van der Waals surface area contributed by atoms with E-state index in [4.69, 9.17) is 30.5 Å². The summed E-state index contributed by atoms with van der Waals surface area (Å²) in [5, 5.41) is 5.01. The van der Waals surface area contributed by atoms with Gasteiger partial charge in [0.25, 0.3) is 0 Å². The lowest BCUT2D eigenvalue weighted by Gasteiger charge is -2.33. The number of hydrogen-bond donors (Lipinski definition) is 0. The molecule has 3 aromatic heterocycles. The first kappa shape index (κ1) is 34.3. The van der Waals surface area contributed by atoms with E-state index in [2.05, 4.69) is 10.1 Å². The number of likely N-dealkylation sites (tertiary alicyclic amines) is 1. The van der Waals surface area contributed by atoms with Crippen LogP contribution in [0.4, 0.5) is 9.18 Å². The minimum atomic E-state index is -0.697. The minimum absolute atomic E-state index is 0.0715. The molecule has 0 radical (unpaired) electrons. The second-order valence-corrected chi connectivity index (χ2v) is 14.2. The Kier molecular flexibility index (Phi) is 9.58. The summed E-state index contributed by atoms with van der Waals surface area (Å²) in [5.41, 5.74) is 3.45. The number of esters is 1. The molecular weight excluding hydrogens is 673 g/mol. The fourth-order valence-corrected chi connectivity index (χ4v) is 6.96. The van der Waals surface area contributed by atoms with Crippen molar-refractivity contribution >= 4 is 46.0 Å². The minimum Gasteiger partial charge on any atom is -0.486 e. The van der Waals surface area contributed by atoms with Gasteiger partial charge in [0.15, 0.2) is 16.4 Å². The quantitative estimate of drug-likeness (QED) is 0.149. The van der Waals surface area contributed by atoms with Gasteiger partial charge in [-0.15, -0.1) is 11.3 Å². The van der Waals surface area contributed by atoms with Crippen LogP contribution in [0.5, 0.6) is 11.5 Å². The van der Waals surface area contributed by atoms with Crippen LogP contribution in [0.1, 0.15) is 61.9 Å². The maximum atomic E-state index is 15.1. The highest BCUT2D eigenvalue weighted by Gasteiger charge is 2.30. The van der Waals surface area contributed by atoms with E-state index < -0.39 is 23.5 Å². The molecule has 0 spiro atoms. The van der Waals surface area contributed by atoms with E-state index in [1.165, 1.54) is 30.6 Å². The second-order valence-electron chi connectivity index (χ2n) is 12.8. The molecule has 1 aliphatic rings. The van der Waals surface area contributed by atoms with Gasteiger partial charge in [-0.25, -0.2) is 19.0 Å². The molecule has 11 nitrogen and oxygen atoms in total. The van der Waals surface area contributed by atoms with Crippen molar-refractivity contribution in [2.45, 2.75) is 58.3 Å². The van der Waals surface area contributed by atoms with Crippen LogP contribution >= 0.6 is 22.9 Å². The largest absolute Gasteiger partial charge is 0.486 e. The second kappa shape index (κ2) is 13.7. The van der Waals surface area contributed by atoms with Crippen molar-refractivity contribution in [1.82, 2.24) is 24.2 Å². The molecule has 4 heterocycles. The molecule has 0 N–H and O–H groups in total. The van der Waals surface area contributed by atoms with Gasteiger partial charge in [-0.1, -0.05) is 23.7 Å². The number of benzene rings is 2. The van der Waals surface area contributed by atoms with E-state index in [0.29, 0.717) is 36.5 Å². The Bertz CT molecular complexity index is 2010. The summed E-state index contributed by atoms with van der Waals surface area (Å²) in [6.45, 7) is 8.03. The van der Waals surface area contributed by atoms with Crippen molar-refractivity contribution in [1.29, 1.82) is 0 Å². The van der Waals surface area contributed by atoms with Gasteiger partial charge in [-0.05, 0) is 51.5 Å². The van der Waals surface area contributed by atoms with E-state index >= 15 is 4.39 Å². The lowest BCUT2D eigenvalue weighted by Crippen LogP contribution is -2.44. The molecule has 5 aromatic rings. The Morgan fingerprint density at radius 2 is 1.86 bits per heavy atom. The van der Waals surface area contributed by atoms with Crippen LogP contribution in [-0.2, 0) is 16.5 Å². The lowest BCUT2D eigenvalue weighted by atomic mass is 10.1. The molecule has 1 atom stereocenters. The number of imidazole rings is 1. The van der Waals surface area contributed by atoms with E-state index in [0.717, 1.165) is 22.2 Å². The molecular formula is C35H37ClFN5O6S. The van der Waals surface area contributed by atoms with Crippen LogP contribution in [0.15, 0.2) is 55.1 Å². The van der Waals surface area contributed by atoms with Gasteiger partial charge in [-0.3, -0.25) is 9.25 Å². The molecule has 0 aliphatic carbocycles. The SMILES string of the molecule is COC(=O)c1sc(-n2cnc3cc(-c4cnn(C)c4)ccc32)cc1OC(C)c1ccc(F)c(OC2CCN(C(=O)OC(C)(C)C)CC2)c1Cl. The molecule has 49 heavy (non-hydrogen) atoms. The van der Waals surface area contributed by atoms with Gasteiger partial charge in [0.2, 0.25) is 0 Å². The van der Waals surface area contributed by atoms with Crippen LogP contribution in [-0.4, -0.2) is 68.2 Å². The van der Waals surface area contributed by atoms with Crippen LogP contribution < -0.4 is 9.47 Å². The summed E-state index contributed by atoms with van der Waals surface area (Å²) in [5.74, 6) is -0.971. The Balaban J connectivity index is 1.20. The highest BCUT2D eigenvalue weighted by molar-refractivity contribution is 7.16. The van der Waals surface area contributed by atoms with Crippen molar-refractivity contribution in [3.8, 4) is 27.6 Å². The average molecular weight is 710 g/mol. The average Bonchev–Trinajstić information content (AvgIpc) is 3.80. The Labute approximate surface area is 292 Å². The molecule has 14 heteroatoms. The normalized spacial score (nSPS) is 14.6. The van der Waals surface area contributed by atoms with Crippen LogP contribution in [0.25, 0.3) is 27.2 Å². The number of carbonyl (C=O) groups is 2. The lowest BCUT2D eigenvalue weighted by molar-refractivity contribution is 0.0123. The number of thiophene rings is 1. The van der Waals surface area contributed by atoms with Crippen molar-refractivity contribution < 1.29 is 32.9 Å². The monoisotopic (exact) mass is 709 g/mol. The first-order valence-electron chi connectivity index (χ1n) is 15.8. The molecule has 0 bridgehead atoms. The fraction of sp³-hybridized carbons (Fsp3) is 0.371. The Morgan fingerprint density at radius 3 is 2.53 bits per heavy atom. The maximum absolute atomic E-state index is 15.1. The number of halogens is 2. The molecule has 1 amide bonds. The molecule has 258 valence electrons. The predicted molar refractivity (Wildman–Crippen MR) is 184 cm³/mol. The summed E-state index contributed by atoms with van der Waals surface area (Å²) < 4.78 is 41.6. The van der Waals surface area contributed by atoms with E-state index in [9.17, 15) is 9.59 Å². The summed E-state index contributed by atoms with van der Waals surface area (Å²) in [7, 11) is 3.17. The third-order valence-corrected chi connectivity index (χ3v) is 9.56. The Hall–Kier alpha value is -4.62. The predicted octanol–water partition coefficient (Wildman–Crippen LogP) is 7.98. The van der Waals surface area contributed by atoms with Crippen molar-refractivity contribution in [2.24, 2.45) is 7.05 Å². The van der Waals surface area contributed by atoms with E-state index in [1.54, 1.807) is 35.1 Å². The number of fused-ring (bicyclic) bond motifs is 1. The zero-order chi connectivity index (χ0) is 35.0. The number of piperidine rings is 1. The zero-order valence-electron chi connectivity index (χ0n) is 28.0. The number of rotatable bonds is 8. The van der Waals surface area contributed by atoms with Gasteiger partial charge in [0.05, 0.1) is 29.4 Å². The molecule has 0 saturated carbocycles. The molecule has 1 fully saturated rings. The first-order valence-corrected chi connectivity index (χ1v) is 17.0. The van der Waals surface area contributed by atoms with Gasteiger partial charge in [-0.2, -0.15) is 5.10 Å². The molecule has 2 aromatic carbocycles. The molecule has 1 saturated heterocycles. The Morgan fingerprint density at radius 1 is 1.10 bits per heavy atom. The number of carbonyl (C=O) groups excluding carboxylic acids is 2. The van der Waals surface area contributed by atoms with Gasteiger partial charge < -0.3 is 23.8 Å². The topological polar surface area (TPSA) is 110 Å². The van der Waals surface area contributed by atoms with Crippen LogP contribution in [0.2, 0.25) is 5.02 Å². The van der Waals surface area contributed by atoms with E-state index in [-0.39, 0.29) is 33.6 Å². The first-order chi connectivity index (χ1) is 23.3. The van der Waals surface area contributed by atoms with E-state index in [1.807, 2.05) is 56.8 Å². The van der Waals surface area contributed by atoms with Crippen molar-refractivity contribution in [2.75, 3.05) is 20.2 Å². The van der Waals surface area contributed by atoms with Gasteiger partial charge >= 0.3 is 12.1 Å². The van der Waals surface area contributed by atoms with Crippen molar-refractivity contribution in [3.63, 3.8) is 0 Å². The number of amides is 1. The van der Waals surface area contributed by atoms with Crippen LogP contribution in [0, 0.1) is 5.82 Å². The molecule has 1 unspecified atom stereocenters. The summed E-state index contributed by atoms with van der Waals surface area (Å²) in [6, 6.07) is 10.5. The number of methoxy groups -OCH3 is 1. The van der Waals surface area contributed by atoms with Gasteiger partial charge in [0.1, 0.15) is 34.9 Å². The number of aromatic nitrogens is 4. The number of hydrogen-bond acceptors (Lipinski definition) is 9. The highest BCUT2D eigenvalue weighted by Crippen LogP contribution is 2.41. The third-order valence-electron chi connectivity index (χ3n) is 8.08. The smallest absolute Gasteiger partial charge is 0.410 e. The summed E-state index contributed by atoms with van der Waals surface area (Å²) >= 11 is 7.95. The molecule has 1 aliphatic heterocycles. The maximum Gasteiger partial charge on any atom is 0.410 e. The molecule has 6 rings (SSSR count). The van der Waals surface area contributed by atoms with Crippen LogP contribution in [0.3, 0.4) is 0 Å². The summed E-state index contributed by atoms with van der Waals surface area (Å²) in [4.78, 5) is 31.8. The third kappa shape index (κ3) is 7.37. The summed E-state index contributed by atoms with van der Waals surface area (Å²) in [6.07, 6.45) is 4.95. The number of ether oxygens (including phenoxy) is 4. The number of nitrogens with zero attached hydrogens (tertiary/aromatic N) is 5. The standard InChI is InChI=1S/C35H37ClFN5O6S/c1-20(24-8-9-25(37)31(30(24)36)47-23-11-13-41(14-12-23)34(44)48-35(2,3)4)46-28-16-29(49-32(28)33(43)45-6)42-19-38-26-15-21(7-10-27(26)42)22-17-39-40(5)18-22/h7-10,15-20,23H,11-14H2,1-6H3. The van der Waals surface area contributed by atoms with Gasteiger partial charge in [0, 0.05) is 56.4 Å². The van der Waals surface area contributed by atoms with Crippen molar-refractivity contribution in [3.05, 3.63) is 76.4 Å². The highest BCUT2D eigenvalue weighted by atomic mass is 35.5. The fourth-order valence-electron chi connectivity index (χ4n) is 5.61. The number of aryl methyl sites for hydroxylation is 1. The zero-order valence-corrected chi connectivity index (χ0v) is 29.6.